The highest BCUT2D eigenvalue weighted by atomic mass is 35.5. The Kier molecular flexibility index (Phi) is 4.86. The zero-order chi connectivity index (χ0) is 13.7. The van der Waals surface area contributed by atoms with Crippen molar-refractivity contribution < 1.29 is 14.6 Å². The van der Waals surface area contributed by atoms with Crippen molar-refractivity contribution in [3.8, 4) is 5.75 Å². The molecular weight excluding hydrogens is 264 g/mol. The Hall–Kier alpha value is -1.48. The SMILES string of the molecule is O=C(O)/C=C/c1cc(Cl)ccc1OC1CCCCC1. The molecule has 1 aliphatic carbocycles. The van der Waals surface area contributed by atoms with Crippen LogP contribution in [-0.4, -0.2) is 17.2 Å². The molecule has 1 aliphatic rings. The van der Waals surface area contributed by atoms with Gasteiger partial charge in [-0.15, -0.1) is 0 Å². The van der Waals surface area contributed by atoms with Crippen LogP contribution in [0.3, 0.4) is 0 Å². The second-order valence-corrected chi connectivity index (χ2v) is 5.17. The van der Waals surface area contributed by atoms with Gasteiger partial charge in [0.05, 0.1) is 6.10 Å². The van der Waals surface area contributed by atoms with Crippen LogP contribution >= 0.6 is 11.6 Å². The van der Waals surface area contributed by atoms with E-state index in [9.17, 15) is 4.79 Å². The van der Waals surface area contributed by atoms with Crippen LogP contribution in [0, 0.1) is 0 Å². The highest BCUT2D eigenvalue weighted by molar-refractivity contribution is 6.30. The molecule has 0 saturated heterocycles. The predicted octanol–water partition coefficient (Wildman–Crippen LogP) is 4.15. The Labute approximate surface area is 117 Å². The number of aliphatic carboxylic acids is 1. The zero-order valence-corrected chi connectivity index (χ0v) is 11.4. The third-order valence-corrected chi connectivity index (χ3v) is 3.46. The number of benzene rings is 1. The van der Waals surface area contributed by atoms with E-state index in [1.54, 1.807) is 18.2 Å². The molecule has 1 aromatic rings. The van der Waals surface area contributed by atoms with Gasteiger partial charge in [0.15, 0.2) is 0 Å². The number of carbonyl (C=O) groups is 1. The number of carboxylic acid groups (broad SMARTS) is 1. The summed E-state index contributed by atoms with van der Waals surface area (Å²) in [5.74, 6) is -0.280. The Bertz CT molecular complexity index is 476. The number of halogens is 1. The van der Waals surface area contributed by atoms with Gasteiger partial charge in [-0.05, 0) is 50.0 Å². The molecule has 1 saturated carbocycles. The first kappa shape index (κ1) is 13.9. The standard InChI is InChI=1S/C15H17ClO3/c16-12-7-8-14(11(10-12)6-9-15(17)18)19-13-4-2-1-3-5-13/h6-10,13H,1-5H2,(H,17,18)/b9-6+. The van der Waals surface area contributed by atoms with Gasteiger partial charge in [0.1, 0.15) is 5.75 Å². The molecule has 0 atom stereocenters. The lowest BCUT2D eigenvalue weighted by Crippen LogP contribution is -2.19. The molecule has 1 fully saturated rings. The molecule has 0 spiro atoms. The summed E-state index contributed by atoms with van der Waals surface area (Å²) < 4.78 is 5.97. The maximum absolute atomic E-state index is 10.6. The van der Waals surface area contributed by atoms with Crippen LogP contribution in [0.2, 0.25) is 5.02 Å². The predicted molar refractivity (Wildman–Crippen MR) is 75.6 cm³/mol. The first-order chi connectivity index (χ1) is 9.15. The summed E-state index contributed by atoms with van der Waals surface area (Å²) >= 11 is 5.94. The molecular formula is C15H17ClO3. The van der Waals surface area contributed by atoms with Crippen molar-refractivity contribution in [3.05, 3.63) is 34.9 Å². The Morgan fingerprint density at radius 2 is 2.05 bits per heavy atom. The van der Waals surface area contributed by atoms with Gasteiger partial charge in [-0.2, -0.15) is 0 Å². The van der Waals surface area contributed by atoms with Gasteiger partial charge in [-0.3, -0.25) is 0 Å². The van der Waals surface area contributed by atoms with E-state index in [0.717, 1.165) is 18.9 Å². The van der Waals surface area contributed by atoms with Crippen LogP contribution in [0.5, 0.6) is 5.75 Å². The largest absolute Gasteiger partial charge is 0.490 e. The van der Waals surface area contributed by atoms with Gasteiger partial charge in [0.2, 0.25) is 0 Å². The van der Waals surface area contributed by atoms with Crippen molar-refractivity contribution in [1.29, 1.82) is 0 Å². The first-order valence-corrected chi connectivity index (χ1v) is 6.90. The quantitative estimate of drug-likeness (QED) is 0.843. The van der Waals surface area contributed by atoms with E-state index < -0.39 is 5.97 Å². The average molecular weight is 281 g/mol. The molecule has 0 radical (unpaired) electrons. The molecule has 0 heterocycles. The second-order valence-electron chi connectivity index (χ2n) is 4.73. The molecule has 3 nitrogen and oxygen atoms in total. The van der Waals surface area contributed by atoms with Gasteiger partial charge in [-0.25, -0.2) is 4.79 Å². The molecule has 2 rings (SSSR count). The minimum Gasteiger partial charge on any atom is -0.490 e. The van der Waals surface area contributed by atoms with E-state index in [1.165, 1.54) is 25.3 Å². The number of hydrogen-bond donors (Lipinski definition) is 1. The van der Waals surface area contributed by atoms with E-state index in [1.807, 2.05) is 0 Å². The van der Waals surface area contributed by atoms with Crippen molar-refractivity contribution in [2.75, 3.05) is 0 Å². The van der Waals surface area contributed by atoms with E-state index >= 15 is 0 Å². The highest BCUT2D eigenvalue weighted by Crippen LogP contribution is 2.28. The van der Waals surface area contributed by atoms with Crippen LogP contribution in [0.25, 0.3) is 6.08 Å². The minimum atomic E-state index is -0.983. The smallest absolute Gasteiger partial charge is 0.328 e. The molecule has 0 bridgehead atoms. The lowest BCUT2D eigenvalue weighted by molar-refractivity contribution is -0.131. The van der Waals surface area contributed by atoms with Gasteiger partial charge in [0, 0.05) is 16.7 Å². The number of rotatable bonds is 4. The van der Waals surface area contributed by atoms with Crippen molar-refractivity contribution in [2.24, 2.45) is 0 Å². The number of ether oxygens (including phenoxy) is 1. The summed E-state index contributed by atoms with van der Waals surface area (Å²) in [7, 11) is 0. The molecule has 4 heteroatoms. The van der Waals surface area contributed by atoms with Crippen molar-refractivity contribution in [1.82, 2.24) is 0 Å². The lowest BCUT2D eigenvalue weighted by atomic mass is 9.97. The summed E-state index contributed by atoms with van der Waals surface area (Å²) in [4.78, 5) is 10.6. The van der Waals surface area contributed by atoms with Crippen molar-refractivity contribution in [3.63, 3.8) is 0 Å². The van der Waals surface area contributed by atoms with Crippen LogP contribution in [0.15, 0.2) is 24.3 Å². The maximum Gasteiger partial charge on any atom is 0.328 e. The molecule has 0 aromatic heterocycles. The first-order valence-electron chi connectivity index (χ1n) is 6.52. The molecule has 19 heavy (non-hydrogen) atoms. The van der Waals surface area contributed by atoms with Gasteiger partial charge in [-0.1, -0.05) is 18.0 Å². The number of carboxylic acids is 1. The monoisotopic (exact) mass is 280 g/mol. The van der Waals surface area contributed by atoms with Crippen LogP contribution in [0.1, 0.15) is 37.7 Å². The summed E-state index contributed by atoms with van der Waals surface area (Å²) in [5, 5.41) is 9.27. The molecule has 1 aromatic carbocycles. The molecule has 0 unspecified atom stereocenters. The third kappa shape index (κ3) is 4.28. The minimum absolute atomic E-state index is 0.229. The lowest BCUT2D eigenvalue weighted by Gasteiger charge is -2.24. The van der Waals surface area contributed by atoms with Crippen molar-refractivity contribution >= 4 is 23.6 Å². The second kappa shape index (κ2) is 6.62. The normalized spacial score (nSPS) is 16.7. The summed E-state index contributed by atoms with van der Waals surface area (Å²) in [5.41, 5.74) is 0.709. The fourth-order valence-corrected chi connectivity index (χ4v) is 2.46. The van der Waals surface area contributed by atoms with E-state index in [4.69, 9.17) is 21.4 Å². The van der Waals surface area contributed by atoms with Gasteiger partial charge >= 0.3 is 5.97 Å². The highest BCUT2D eigenvalue weighted by Gasteiger charge is 2.16. The van der Waals surface area contributed by atoms with Crippen molar-refractivity contribution in [2.45, 2.75) is 38.2 Å². The molecule has 1 N–H and O–H groups in total. The fraction of sp³-hybridized carbons (Fsp3) is 0.400. The average Bonchev–Trinajstić information content (AvgIpc) is 2.40. The summed E-state index contributed by atoms with van der Waals surface area (Å²) in [6.07, 6.45) is 8.62. The maximum atomic E-state index is 10.6. The summed E-state index contributed by atoms with van der Waals surface area (Å²) in [6, 6.07) is 5.29. The molecule has 0 amide bonds. The zero-order valence-electron chi connectivity index (χ0n) is 10.6. The van der Waals surface area contributed by atoms with E-state index in [-0.39, 0.29) is 6.10 Å². The van der Waals surface area contributed by atoms with Gasteiger partial charge in [0.25, 0.3) is 0 Å². The van der Waals surface area contributed by atoms with Crippen LogP contribution < -0.4 is 4.74 Å². The third-order valence-electron chi connectivity index (χ3n) is 3.22. The Balaban J connectivity index is 2.15. The van der Waals surface area contributed by atoms with E-state index in [0.29, 0.717) is 16.3 Å². The topological polar surface area (TPSA) is 46.5 Å². The van der Waals surface area contributed by atoms with Crippen LogP contribution in [0.4, 0.5) is 0 Å². The summed E-state index contributed by atoms with van der Waals surface area (Å²) in [6.45, 7) is 0. The van der Waals surface area contributed by atoms with Crippen LogP contribution in [-0.2, 0) is 4.79 Å². The van der Waals surface area contributed by atoms with Gasteiger partial charge < -0.3 is 9.84 Å². The van der Waals surface area contributed by atoms with E-state index in [2.05, 4.69) is 0 Å². The Morgan fingerprint density at radius 3 is 2.74 bits per heavy atom. The Morgan fingerprint density at radius 1 is 1.32 bits per heavy atom. The fourth-order valence-electron chi connectivity index (χ4n) is 2.28. The number of hydrogen-bond acceptors (Lipinski definition) is 2. The molecule has 0 aliphatic heterocycles. The molecule has 102 valence electrons.